The fourth-order valence-corrected chi connectivity index (χ4v) is 5.74. The normalized spacial score (nSPS) is 21.0. The van der Waals surface area contributed by atoms with Gasteiger partial charge in [-0.1, -0.05) is 31.4 Å². The number of nitrogens with one attached hydrogen (secondary N) is 1. The highest BCUT2D eigenvalue weighted by Crippen LogP contribution is 2.47. The van der Waals surface area contributed by atoms with E-state index in [0.717, 1.165) is 62.1 Å². The summed E-state index contributed by atoms with van der Waals surface area (Å²) >= 11 is 0. The lowest BCUT2D eigenvalue weighted by Crippen LogP contribution is -2.49. The highest BCUT2D eigenvalue weighted by atomic mass is 19.1. The quantitative estimate of drug-likeness (QED) is 0.699. The SMILES string of the molecule is O=C(NC1CCCCC1)N1CC2(CCN(Cc3ccc(F)cc3)CC2)c2cc(F)ccc21. The molecule has 32 heavy (non-hydrogen) atoms. The smallest absolute Gasteiger partial charge is 0.322 e. The van der Waals surface area contributed by atoms with Crippen molar-refractivity contribution in [1.82, 2.24) is 10.2 Å². The largest absolute Gasteiger partial charge is 0.335 e. The molecule has 0 bridgehead atoms. The van der Waals surface area contributed by atoms with Crippen LogP contribution in [-0.4, -0.2) is 36.6 Å². The number of likely N-dealkylation sites (tertiary alicyclic amines) is 1. The van der Waals surface area contributed by atoms with Crippen LogP contribution in [-0.2, 0) is 12.0 Å². The molecule has 1 N–H and O–H groups in total. The maximum Gasteiger partial charge on any atom is 0.322 e. The molecule has 2 heterocycles. The Kier molecular flexibility index (Phi) is 5.89. The highest BCUT2D eigenvalue weighted by Gasteiger charge is 2.46. The molecular formula is C26H31F2N3O. The molecule has 2 aromatic rings. The van der Waals surface area contributed by atoms with Gasteiger partial charge in [-0.25, -0.2) is 13.6 Å². The van der Waals surface area contributed by atoms with E-state index in [0.29, 0.717) is 6.54 Å². The van der Waals surface area contributed by atoms with Crippen molar-refractivity contribution in [2.24, 2.45) is 0 Å². The van der Waals surface area contributed by atoms with Gasteiger partial charge >= 0.3 is 6.03 Å². The summed E-state index contributed by atoms with van der Waals surface area (Å²) < 4.78 is 27.4. The van der Waals surface area contributed by atoms with E-state index >= 15 is 0 Å². The van der Waals surface area contributed by atoms with Gasteiger partial charge in [0.1, 0.15) is 11.6 Å². The van der Waals surface area contributed by atoms with Crippen LogP contribution >= 0.6 is 0 Å². The van der Waals surface area contributed by atoms with E-state index in [1.165, 1.54) is 37.5 Å². The number of hydrogen-bond acceptors (Lipinski definition) is 2. The second-order valence-corrected chi connectivity index (χ2v) is 9.71. The van der Waals surface area contributed by atoms with Gasteiger partial charge in [0.05, 0.1) is 0 Å². The Morgan fingerprint density at radius 3 is 2.38 bits per heavy atom. The van der Waals surface area contributed by atoms with Gasteiger partial charge in [-0.15, -0.1) is 0 Å². The number of carbonyl (C=O) groups excluding carboxylic acids is 1. The molecule has 1 aliphatic carbocycles. The maximum atomic E-state index is 14.2. The van der Waals surface area contributed by atoms with Gasteiger partial charge in [0.15, 0.2) is 0 Å². The van der Waals surface area contributed by atoms with Gasteiger partial charge in [0.25, 0.3) is 0 Å². The summed E-state index contributed by atoms with van der Waals surface area (Å²) in [5.74, 6) is -0.464. The van der Waals surface area contributed by atoms with Gasteiger partial charge < -0.3 is 5.32 Å². The minimum Gasteiger partial charge on any atom is -0.335 e. The number of anilines is 1. The zero-order chi connectivity index (χ0) is 22.1. The molecule has 0 aromatic heterocycles. The van der Waals surface area contributed by atoms with Crippen LogP contribution in [0.3, 0.4) is 0 Å². The molecule has 2 fully saturated rings. The van der Waals surface area contributed by atoms with E-state index in [4.69, 9.17) is 0 Å². The molecular weight excluding hydrogens is 408 g/mol. The Bertz CT molecular complexity index is 964. The molecule has 0 radical (unpaired) electrons. The van der Waals surface area contributed by atoms with E-state index in [1.807, 2.05) is 17.0 Å². The lowest BCUT2D eigenvalue weighted by atomic mass is 9.74. The van der Waals surface area contributed by atoms with Crippen LogP contribution in [0.1, 0.15) is 56.1 Å². The van der Waals surface area contributed by atoms with Crippen LogP contribution in [0.4, 0.5) is 19.3 Å². The number of rotatable bonds is 3. The predicted molar refractivity (Wildman–Crippen MR) is 122 cm³/mol. The van der Waals surface area contributed by atoms with Crippen molar-refractivity contribution in [3.05, 3.63) is 65.2 Å². The number of fused-ring (bicyclic) bond motifs is 2. The molecule has 3 aliphatic rings. The lowest BCUT2D eigenvalue weighted by molar-refractivity contribution is 0.159. The molecule has 5 rings (SSSR count). The van der Waals surface area contributed by atoms with Gasteiger partial charge in [0, 0.05) is 30.2 Å². The third-order valence-corrected chi connectivity index (χ3v) is 7.59. The number of urea groups is 1. The summed E-state index contributed by atoms with van der Waals surface area (Å²) in [6, 6.07) is 11.7. The Morgan fingerprint density at radius 1 is 0.969 bits per heavy atom. The van der Waals surface area contributed by atoms with Crippen molar-refractivity contribution in [2.75, 3.05) is 24.5 Å². The van der Waals surface area contributed by atoms with Gasteiger partial charge in [-0.05, 0) is 80.2 Å². The van der Waals surface area contributed by atoms with Crippen LogP contribution in [0.15, 0.2) is 42.5 Å². The van der Waals surface area contributed by atoms with Crippen LogP contribution in [0.2, 0.25) is 0 Å². The summed E-state index contributed by atoms with van der Waals surface area (Å²) in [7, 11) is 0. The summed E-state index contributed by atoms with van der Waals surface area (Å²) in [6.45, 7) is 3.11. The van der Waals surface area contributed by atoms with E-state index < -0.39 is 0 Å². The summed E-state index contributed by atoms with van der Waals surface area (Å²) in [6.07, 6.45) is 7.41. The monoisotopic (exact) mass is 439 g/mol. The molecule has 4 nitrogen and oxygen atoms in total. The zero-order valence-electron chi connectivity index (χ0n) is 18.5. The molecule has 6 heteroatoms. The Labute approximate surface area is 188 Å². The summed E-state index contributed by atoms with van der Waals surface area (Å²) in [4.78, 5) is 17.4. The van der Waals surface area contributed by atoms with Crippen molar-refractivity contribution >= 4 is 11.7 Å². The second kappa shape index (κ2) is 8.81. The van der Waals surface area contributed by atoms with Crippen LogP contribution in [0, 0.1) is 11.6 Å². The number of halogens is 2. The van der Waals surface area contributed by atoms with E-state index in [-0.39, 0.29) is 29.1 Å². The van der Waals surface area contributed by atoms with Crippen LogP contribution < -0.4 is 10.2 Å². The minimum atomic E-state index is -0.244. The first-order valence-corrected chi connectivity index (χ1v) is 11.9. The average Bonchev–Trinajstić information content (AvgIpc) is 3.11. The second-order valence-electron chi connectivity index (χ2n) is 9.71. The van der Waals surface area contributed by atoms with Gasteiger partial charge in [-0.2, -0.15) is 0 Å². The Hall–Kier alpha value is -2.47. The number of benzene rings is 2. The molecule has 170 valence electrons. The van der Waals surface area contributed by atoms with Crippen molar-refractivity contribution in [2.45, 2.75) is 62.9 Å². The Balaban J connectivity index is 1.30. The highest BCUT2D eigenvalue weighted by molar-refractivity contribution is 5.95. The predicted octanol–water partition coefficient (Wildman–Crippen LogP) is 5.36. The molecule has 2 aliphatic heterocycles. The maximum absolute atomic E-state index is 14.2. The summed E-state index contributed by atoms with van der Waals surface area (Å²) in [5.41, 5.74) is 2.71. The molecule has 1 saturated carbocycles. The number of piperidine rings is 1. The van der Waals surface area contributed by atoms with Crippen molar-refractivity contribution in [3.63, 3.8) is 0 Å². The fourth-order valence-electron chi connectivity index (χ4n) is 5.74. The standard InChI is InChI=1S/C26H31F2N3O/c27-20-8-6-19(7-9-20)17-30-14-12-26(13-15-30)18-31(24-11-10-21(28)16-23(24)26)25(32)29-22-4-2-1-3-5-22/h6-11,16,22H,1-5,12-15,17-18H2,(H,29,32). The summed E-state index contributed by atoms with van der Waals surface area (Å²) in [5, 5.41) is 3.24. The average molecular weight is 440 g/mol. The number of amides is 2. The van der Waals surface area contributed by atoms with Crippen molar-refractivity contribution in [1.29, 1.82) is 0 Å². The molecule has 0 atom stereocenters. The minimum absolute atomic E-state index is 0.0459. The first-order valence-electron chi connectivity index (χ1n) is 11.9. The molecule has 1 saturated heterocycles. The van der Waals surface area contributed by atoms with Crippen LogP contribution in [0.5, 0.6) is 0 Å². The molecule has 0 unspecified atom stereocenters. The van der Waals surface area contributed by atoms with Crippen LogP contribution in [0.25, 0.3) is 0 Å². The van der Waals surface area contributed by atoms with Crippen molar-refractivity contribution in [3.8, 4) is 0 Å². The third kappa shape index (κ3) is 4.25. The lowest BCUT2D eigenvalue weighted by Gasteiger charge is -2.40. The van der Waals surface area contributed by atoms with E-state index in [9.17, 15) is 13.6 Å². The number of hydrogen-bond donors (Lipinski definition) is 1. The van der Waals surface area contributed by atoms with Gasteiger partial charge in [0.2, 0.25) is 0 Å². The zero-order valence-corrected chi connectivity index (χ0v) is 18.5. The molecule has 1 spiro atoms. The molecule has 2 aromatic carbocycles. The number of nitrogens with zero attached hydrogens (tertiary/aromatic N) is 2. The third-order valence-electron chi connectivity index (χ3n) is 7.59. The first-order chi connectivity index (χ1) is 15.5. The van der Waals surface area contributed by atoms with Crippen molar-refractivity contribution < 1.29 is 13.6 Å². The number of carbonyl (C=O) groups is 1. The topological polar surface area (TPSA) is 35.6 Å². The fraction of sp³-hybridized carbons (Fsp3) is 0.500. The first kappa shape index (κ1) is 21.4. The van der Waals surface area contributed by atoms with E-state index in [1.54, 1.807) is 12.1 Å². The van der Waals surface area contributed by atoms with E-state index in [2.05, 4.69) is 10.2 Å². The van der Waals surface area contributed by atoms with Gasteiger partial charge in [-0.3, -0.25) is 9.80 Å². The molecule has 2 amide bonds. The Morgan fingerprint density at radius 2 is 1.66 bits per heavy atom.